The van der Waals surface area contributed by atoms with Gasteiger partial charge in [-0.1, -0.05) is 37.5 Å². The minimum absolute atomic E-state index is 0.0185. The molecule has 0 atom stereocenters. The number of carboxylic acids is 1. The zero-order valence-corrected chi connectivity index (χ0v) is 33.5. The number of benzene rings is 5. The molecule has 12 heteroatoms. The van der Waals surface area contributed by atoms with Crippen molar-refractivity contribution in [3.63, 3.8) is 0 Å². The molecule has 1 aliphatic carbocycles. The number of phenols is 2. The number of phenolic OH excluding ortho intramolecular Hbond substituents is 2. The van der Waals surface area contributed by atoms with Crippen molar-refractivity contribution in [1.82, 2.24) is 19.5 Å². The van der Waals surface area contributed by atoms with Crippen molar-refractivity contribution >= 4 is 38.8 Å². The van der Waals surface area contributed by atoms with Crippen molar-refractivity contribution in [2.75, 3.05) is 28.4 Å². The summed E-state index contributed by atoms with van der Waals surface area (Å²) < 4.78 is 24.4. The topological polar surface area (TPSA) is 158 Å². The summed E-state index contributed by atoms with van der Waals surface area (Å²) in [7, 11) is 6.03. The molecule has 1 saturated carbocycles. The molecule has 0 radical (unpaired) electrons. The maximum absolute atomic E-state index is 13.7. The van der Waals surface area contributed by atoms with Crippen LogP contribution in [0.3, 0.4) is 0 Å². The van der Waals surface area contributed by atoms with Crippen LogP contribution in [-0.4, -0.2) is 69.2 Å². The van der Waals surface area contributed by atoms with Crippen LogP contribution < -0.4 is 18.9 Å². The SMILES string of the molecule is COc1cc(O)c(-c2ccc3cc(-c4nc5c(-c6ccc7ncccc7c6)c(C(=O)O)c(-c6c(O)cc(OC)cc6OC)cc5n4C4CCCCC4)ccc3n2)c(OC)c1. The molecule has 8 aromatic rings. The van der Waals surface area contributed by atoms with E-state index in [-0.39, 0.29) is 40.0 Å². The number of nitrogens with zero attached hydrogens (tertiary/aromatic N) is 4. The summed E-state index contributed by atoms with van der Waals surface area (Å²) in [4.78, 5) is 28.6. The third kappa shape index (κ3) is 6.50. The van der Waals surface area contributed by atoms with Gasteiger partial charge in [-0.3, -0.25) is 4.98 Å². The van der Waals surface area contributed by atoms with Gasteiger partial charge in [0.15, 0.2) is 0 Å². The Bertz CT molecular complexity index is 2990. The maximum Gasteiger partial charge on any atom is 0.337 e. The summed E-state index contributed by atoms with van der Waals surface area (Å²) in [6.45, 7) is 0. The fraction of sp³-hybridized carbons (Fsp3) is 0.208. The minimum Gasteiger partial charge on any atom is -0.507 e. The lowest BCUT2D eigenvalue weighted by Crippen LogP contribution is -2.14. The van der Waals surface area contributed by atoms with Crippen LogP contribution in [-0.2, 0) is 0 Å². The van der Waals surface area contributed by atoms with Crippen molar-refractivity contribution < 1.29 is 39.1 Å². The first-order chi connectivity index (χ1) is 29.2. The molecule has 9 rings (SSSR count). The molecule has 5 aromatic carbocycles. The molecule has 1 aliphatic rings. The number of ether oxygens (including phenoxy) is 4. The van der Waals surface area contributed by atoms with Gasteiger partial charge in [0.05, 0.1) is 72.9 Å². The van der Waals surface area contributed by atoms with Crippen molar-refractivity contribution in [3.8, 4) is 79.4 Å². The molecule has 0 spiro atoms. The molecule has 3 aromatic heterocycles. The zero-order chi connectivity index (χ0) is 41.7. The lowest BCUT2D eigenvalue weighted by Gasteiger charge is -2.26. The molecular weight excluding hydrogens is 761 g/mol. The van der Waals surface area contributed by atoms with E-state index in [1.54, 1.807) is 18.3 Å². The van der Waals surface area contributed by atoms with Crippen LogP contribution in [0.2, 0.25) is 0 Å². The fourth-order valence-electron chi connectivity index (χ4n) is 8.72. The van der Waals surface area contributed by atoms with Gasteiger partial charge in [0.25, 0.3) is 0 Å². The van der Waals surface area contributed by atoms with Gasteiger partial charge in [0, 0.05) is 64.0 Å². The average molecular weight is 803 g/mol. The van der Waals surface area contributed by atoms with Crippen LogP contribution in [0.25, 0.3) is 77.7 Å². The van der Waals surface area contributed by atoms with E-state index in [1.165, 1.54) is 40.6 Å². The van der Waals surface area contributed by atoms with Crippen LogP contribution in [0.5, 0.6) is 34.5 Å². The smallest absolute Gasteiger partial charge is 0.337 e. The van der Waals surface area contributed by atoms with Crippen LogP contribution in [0, 0.1) is 0 Å². The van der Waals surface area contributed by atoms with Crippen molar-refractivity contribution in [3.05, 3.63) is 103 Å². The molecule has 0 amide bonds. The zero-order valence-electron chi connectivity index (χ0n) is 33.5. The molecule has 3 heterocycles. The van der Waals surface area contributed by atoms with Gasteiger partial charge < -0.3 is 38.8 Å². The fourth-order valence-corrected chi connectivity index (χ4v) is 8.72. The van der Waals surface area contributed by atoms with E-state index in [1.807, 2.05) is 66.7 Å². The number of aromatic nitrogens is 4. The molecule has 1 fully saturated rings. The van der Waals surface area contributed by atoms with Crippen LogP contribution in [0.15, 0.2) is 97.2 Å². The van der Waals surface area contributed by atoms with Gasteiger partial charge in [-0.2, -0.15) is 0 Å². The summed E-state index contributed by atoms with van der Waals surface area (Å²) >= 11 is 0. The van der Waals surface area contributed by atoms with E-state index in [9.17, 15) is 20.1 Å². The lowest BCUT2D eigenvalue weighted by molar-refractivity contribution is 0.0698. The number of imidazole rings is 1. The molecular formula is C48H42N4O8. The first-order valence-corrected chi connectivity index (χ1v) is 19.7. The number of aromatic carboxylic acids is 1. The standard InChI is InChI=1S/C48H42N4O8/c1-57-31-21-38(53)43(40(23-31)59-3)33-25-37-46(42(44(33)48(55)56)28-13-15-34-26(19-28)9-8-18-49-34)51-47(52(37)30-10-6-5-7-11-30)29-14-16-35-27(20-29)12-17-36(50-35)45-39(54)22-32(58-2)24-41(45)60-4/h8-9,12-25,30,53-54H,5-7,10-11H2,1-4H3,(H,55,56). The van der Waals surface area contributed by atoms with Gasteiger partial charge in [-0.05, 0) is 66.9 Å². The second kappa shape index (κ2) is 15.4. The number of hydrogen-bond donors (Lipinski definition) is 3. The van der Waals surface area contributed by atoms with E-state index in [0.29, 0.717) is 56.5 Å². The Labute approximate surface area is 345 Å². The second-order valence-electron chi connectivity index (χ2n) is 14.9. The molecule has 0 unspecified atom stereocenters. The Kier molecular flexibility index (Phi) is 9.83. The molecule has 60 heavy (non-hydrogen) atoms. The third-order valence-corrected chi connectivity index (χ3v) is 11.5. The first-order valence-electron chi connectivity index (χ1n) is 19.7. The van der Waals surface area contributed by atoms with Gasteiger partial charge >= 0.3 is 5.97 Å². The number of pyridine rings is 2. The largest absolute Gasteiger partial charge is 0.507 e. The highest BCUT2D eigenvalue weighted by atomic mass is 16.5. The summed E-state index contributed by atoms with van der Waals surface area (Å²) in [6, 6.07) is 27.4. The lowest BCUT2D eigenvalue weighted by atomic mass is 9.88. The summed E-state index contributed by atoms with van der Waals surface area (Å²) in [5, 5.41) is 35.5. The number of carboxylic acid groups (broad SMARTS) is 1. The predicted molar refractivity (Wildman–Crippen MR) is 231 cm³/mol. The van der Waals surface area contributed by atoms with E-state index in [0.717, 1.165) is 59.5 Å². The van der Waals surface area contributed by atoms with Crippen LogP contribution in [0.4, 0.5) is 0 Å². The number of rotatable bonds is 10. The Hall–Kier alpha value is -7.34. The molecule has 0 saturated heterocycles. The highest BCUT2D eigenvalue weighted by Gasteiger charge is 2.31. The average Bonchev–Trinajstić information content (AvgIpc) is 3.66. The van der Waals surface area contributed by atoms with E-state index in [2.05, 4.69) is 9.55 Å². The number of methoxy groups -OCH3 is 4. The summed E-state index contributed by atoms with van der Waals surface area (Å²) in [5.41, 5.74) is 6.03. The number of aromatic hydroxyl groups is 2. The molecule has 12 nitrogen and oxygen atoms in total. The Morgan fingerprint density at radius 1 is 0.667 bits per heavy atom. The summed E-state index contributed by atoms with van der Waals surface area (Å²) in [5.74, 6) is 0.793. The molecule has 0 aliphatic heterocycles. The Balaban J connectivity index is 1.33. The third-order valence-electron chi connectivity index (χ3n) is 11.5. The minimum atomic E-state index is -1.19. The highest BCUT2D eigenvalue weighted by molar-refractivity contribution is 6.13. The van der Waals surface area contributed by atoms with Crippen LogP contribution in [0.1, 0.15) is 48.5 Å². The second-order valence-corrected chi connectivity index (χ2v) is 14.9. The van der Waals surface area contributed by atoms with E-state index >= 15 is 0 Å². The van der Waals surface area contributed by atoms with Gasteiger partial charge in [0.2, 0.25) is 0 Å². The van der Waals surface area contributed by atoms with E-state index < -0.39 is 5.97 Å². The summed E-state index contributed by atoms with van der Waals surface area (Å²) in [6.07, 6.45) is 6.74. The molecule has 3 N–H and O–H groups in total. The molecule has 0 bridgehead atoms. The van der Waals surface area contributed by atoms with Crippen molar-refractivity contribution in [2.24, 2.45) is 0 Å². The van der Waals surface area contributed by atoms with Crippen LogP contribution >= 0.6 is 0 Å². The maximum atomic E-state index is 13.7. The Morgan fingerprint density at radius 2 is 1.32 bits per heavy atom. The number of carbonyl (C=O) groups is 1. The molecule has 302 valence electrons. The van der Waals surface area contributed by atoms with Gasteiger partial charge in [-0.15, -0.1) is 0 Å². The van der Waals surface area contributed by atoms with Crippen molar-refractivity contribution in [2.45, 2.75) is 38.1 Å². The normalized spacial score (nSPS) is 13.2. The quantitative estimate of drug-likeness (QED) is 0.121. The predicted octanol–water partition coefficient (Wildman–Crippen LogP) is 10.4. The highest BCUT2D eigenvalue weighted by Crippen LogP contribution is 2.49. The monoisotopic (exact) mass is 802 g/mol. The number of fused-ring (bicyclic) bond motifs is 3. The number of hydrogen-bond acceptors (Lipinski definition) is 10. The van der Waals surface area contributed by atoms with Gasteiger partial charge in [0.1, 0.15) is 40.3 Å². The van der Waals surface area contributed by atoms with Crippen molar-refractivity contribution in [1.29, 1.82) is 0 Å². The first kappa shape index (κ1) is 38.2. The van der Waals surface area contributed by atoms with Gasteiger partial charge in [-0.25, -0.2) is 14.8 Å². The van der Waals surface area contributed by atoms with E-state index in [4.69, 9.17) is 28.9 Å². The Morgan fingerprint density at radius 3 is 2.02 bits per heavy atom.